The van der Waals surface area contributed by atoms with E-state index in [-0.39, 0.29) is 0 Å². The Kier molecular flexibility index (Phi) is 4.05. The minimum Gasteiger partial charge on any atom is -0.377 e. The lowest BCUT2D eigenvalue weighted by Crippen LogP contribution is -2.12. The zero-order valence-corrected chi connectivity index (χ0v) is 11.4. The van der Waals surface area contributed by atoms with Crippen LogP contribution in [0, 0.1) is 0 Å². The van der Waals surface area contributed by atoms with Crippen LogP contribution in [0.3, 0.4) is 0 Å². The summed E-state index contributed by atoms with van der Waals surface area (Å²) >= 11 is 5.22. The van der Waals surface area contributed by atoms with Gasteiger partial charge in [-0.2, -0.15) is 0 Å². The Morgan fingerprint density at radius 1 is 1.56 bits per heavy atom. The largest absolute Gasteiger partial charge is 0.377 e. The van der Waals surface area contributed by atoms with E-state index in [1.165, 1.54) is 4.90 Å². The number of benzene rings is 1. The maximum Gasteiger partial charge on any atom is 0.151 e. The molecule has 0 N–H and O–H groups in total. The maximum atomic E-state index is 10.7. The van der Waals surface area contributed by atoms with E-state index in [1.54, 1.807) is 0 Å². The molecule has 1 aliphatic rings. The summed E-state index contributed by atoms with van der Waals surface area (Å²) in [5, 5.41) is 0.522. The van der Waals surface area contributed by atoms with Crippen molar-refractivity contribution in [1.29, 1.82) is 0 Å². The molecule has 1 aliphatic heterocycles. The third kappa shape index (κ3) is 2.67. The standard InChI is InChI=1S/C12H13BrO2S/c1-8-12(4-5-15-8)16-10-3-2-9(7-14)11(13)6-10/h2-3,6-8,12H,4-5H2,1H3. The SMILES string of the molecule is CC1OCCC1Sc1ccc(C=O)c(Br)c1. The van der Waals surface area contributed by atoms with Crippen molar-refractivity contribution in [2.45, 2.75) is 29.6 Å². The van der Waals surface area contributed by atoms with Crippen LogP contribution in [-0.2, 0) is 4.74 Å². The van der Waals surface area contributed by atoms with Crippen LogP contribution in [0.4, 0.5) is 0 Å². The maximum absolute atomic E-state index is 10.7. The summed E-state index contributed by atoms with van der Waals surface area (Å²) in [7, 11) is 0. The molecule has 0 radical (unpaired) electrons. The van der Waals surface area contributed by atoms with Gasteiger partial charge in [-0.1, -0.05) is 15.9 Å². The van der Waals surface area contributed by atoms with Gasteiger partial charge in [0.2, 0.25) is 0 Å². The second-order valence-electron chi connectivity index (χ2n) is 3.82. The first kappa shape index (κ1) is 12.1. The molecule has 2 unspecified atom stereocenters. The van der Waals surface area contributed by atoms with E-state index in [0.29, 0.717) is 16.9 Å². The second kappa shape index (κ2) is 5.34. The van der Waals surface area contributed by atoms with E-state index in [0.717, 1.165) is 23.8 Å². The summed E-state index contributed by atoms with van der Waals surface area (Å²) in [6.45, 7) is 2.96. The van der Waals surface area contributed by atoms with E-state index in [9.17, 15) is 4.79 Å². The Balaban J connectivity index is 2.10. The highest BCUT2D eigenvalue weighted by Crippen LogP contribution is 2.34. The molecule has 1 aromatic carbocycles. The van der Waals surface area contributed by atoms with Crippen LogP contribution >= 0.6 is 27.7 Å². The number of halogens is 1. The van der Waals surface area contributed by atoms with Crippen LogP contribution in [0.15, 0.2) is 27.6 Å². The molecule has 0 amide bonds. The number of carbonyl (C=O) groups excluding carboxylic acids is 1. The zero-order valence-electron chi connectivity index (χ0n) is 8.98. The average Bonchev–Trinajstić information content (AvgIpc) is 2.65. The first-order chi connectivity index (χ1) is 7.70. The Bertz CT molecular complexity index is 395. The monoisotopic (exact) mass is 300 g/mol. The lowest BCUT2D eigenvalue weighted by Gasteiger charge is -2.13. The minimum absolute atomic E-state index is 0.314. The van der Waals surface area contributed by atoms with Crippen molar-refractivity contribution in [3.05, 3.63) is 28.2 Å². The molecule has 2 rings (SSSR count). The van der Waals surface area contributed by atoms with Crippen molar-refractivity contribution in [2.75, 3.05) is 6.61 Å². The lowest BCUT2D eigenvalue weighted by atomic mass is 10.2. The summed E-state index contributed by atoms with van der Waals surface area (Å²) in [6.07, 6.45) is 2.27. The molecule has 16 heavy (non-hydrogen) atoms. The van der Waals surface area contributed by atoms with Gasteiger partial charge in [-0.05, 0) is 31.5 Å². The molecular weight excluding hydrogens is 288 g/mol. The summed E-state index contributed by atoms with van der Waals surface area (Å²) in [5.74, 6) is 0. The highest BCUT2D eigenvalue weighted by Gasteiger charge is 2.25. The van der Waals surface area contributed by atoms with Crippen molar-refractivity contribution in [2.24, 2.45) is 0 Å². The van der Waals surface area contributed by atoms with E-state index < -0.39 is 0 Å². The van der Waals surface area contributed by atoms with Crippen LogP contribution in [-0.4, -0.2) is 24.2 Å². The second-order valence-corrected chi connectivity index (χ2v) is 5.99. The van der Waals surface area contributed by atoms with Crippen LogP contribution < -0.4 is 0 Å². The van der Waals surface area contributed by atoms with Gasteiger partial charge in [0.05, 0.1) is 6.10 Å². The van der Waals surface area contributed by atoms with Gasteiger partial charge in [0, 0.05) is 26.8 Å². The molecule has 1 heterocycles. The van der Waals surface area contributed by atoms with Crippen LogP contribution in [0.25, 0.3) is 0 Å². The van der Waals surface area contributed by atoms with Crippen molar-refractivity contribution in [1.82, 2.24) is 0 Å². The molecular formula is C12H13BrO2S. The normalized spacial score (nSPS) is 24.6. The number of carbonyl (C=O) groups is 1. The molecule has 0 bridgehead atoms. The molecule has 1 fully saturated rings. The number of thioether (sulfide) groups is 1. The number of hydrogen-bond acceptors (Lipinski definition) is 3. The Morgan fingerprint density at radius 3 is 2.94 bits per heavy atom. The number of ether oxygens (including phenoxy) is 1. The van der Waals surface area contributed by atoms with Crippen LogP contribution in [0.1, 0.15) is 23.7 Å². The summed E-state index contributed by atoms with van der Waals surface area (Å²) in [6, 6.07) is 5.84. The molecule has 4 heteroatoms. The minimum atomic E-state index is 0.314. The first-order valence-corrected chi connectivity index (χ1v) is 6.91. The van der Waals surface area contributed by atoms with Gasteiger partial charge in [-0.15, -0.1) is 11.8 Å². The Hall–Kier alpha value is -0.320. The predicted molar refractivity (Wildman–Crippen MR) is 69.2 cm³/mol. The van der Waals surface area contributed by atoms with Gasteiger partial charge in [0.15, 0.2) is 6.29 Å². The topological polar surface area (TPSA) is 26.3 Å². The number of rotatable bonds is 3. The van der Waals surface area contributed by atoms with Crippen LogP contribution in [0.5, 0.6) is 0 Å². The molecule has 2 atom stereocenters. The van der Waals surface area contributed by atoms with Crippen molar-refractivity contribution in [3.8, 4) is 0 Å². The fourth-order valence-electron chi connectivity index (χ4n) is 1.72. The fourth-order valence-corrected chi connectivity index (χ4v) is 3.51. The smallest absolute Gasteiger partial charge is 0.151 e. The molecule has 86 valence electrons. The first-order valence-electron chi connectivity index (χ1n) is 5.23. The summed E-state index contributed by atoms with van der Waals surface area (Å²) in [4.78, 5) is 11.9. The van der Waals surface area contributed by atoms with E-state index in [2.05, 4.69) is 22.9 Å². The van der Waals surface area contributed by atoms with E-state index >= 15 is 0 Å². The number of aldehydes is 1. The lowest BCUT2D eigenvalue weighted by molar-refractivity contribution is 0.112. The third-order valence-corrected chi connectivity index (χ3v) is 4.83. The molecule has 0 aliphatic carbocycles. The quantitative estimate of drug-likeness (QED) is 0.799. The molecule has 0 spiro atoms. The Labute approximate surface area is 108 Å². The highest BCUT2D eigenvalue weighted by molar-refractivity contribution is 9.10. The predicted octanol–water partition coefficient (Wildman–Crippen LogP) is 3.53. The van der Waals surface area contributed by atoms with Crippen LogP contribution in [0.2, 0.25) is 0 Å². The molecule has 2 nitrogen and oxygen atoms in total. The van der Waals surface area contributed by atoms with Crippen molar-refractivity contribution in [3.63, 3.8) is 0 Å². The average molecular weight is 301 g/mol. The van der Waals surface area contributed by atoms with Gasteiger partial charge < -0.3 is 4.74 Å². The van der Waals surface area contributed by atoms with Crippen molar-refractivity contribution >= 4 is 34.0 Å². The zero-order chi connectivity index (χ0) is 11.5. The Morgan fingerprint density at radius 2 is 2.38 bits per heavy atom. The van der Waals surface area contributed by atoms with Gasteiger partial charge in [-0.3, -0.25) is 4.79 Å². The molecule has 1 aromatic rings. The molecule has 1 saturated heterocycles. The van der Waals surface area contributed by atoms with E-state index in [4.69, 9.17) is 4.74 Å². The van der Waals surface area contributed by atoms with Gasteiger partial charge in [0.25, 0.3) is 0 Å². The van der Waals surface area contributed by atoms with Gasteiger partial charge >= 0.3 is 0 Å². The van der Waals surface area contributed by atoms with Crippen molar-refractivity contribution < 1.29 is 9.53 Å². The fraction of sp³-hybridized carbons (Fsp3) is 0.417. The third-order valence-electron chi connectivity index (χ3n) is 2.69. The summed E-state index contributed by atoms with van der Waals surface area (Å²) in [5.41, 5.74) is 0.695. The van der Waals surface area contributed by atoms with Gasteiger partial charge in [-0.25, -0.2) is 0 Å². The van der Waals surface area contributed by atoms with Gasteiger partial charge in [0.1, 0.15) is 0 Å². The molecule has 0 saturated carbocycles. The number of hydrogen-bond donors (Lipinski definition) is 0. The van der Waals surface area contributed by atoms with E-state index in [1.807, 2.05) is 30.0 Å². The molecule has 0 aromatic heterocycles. The highest BCUT2D eigenvalue weighted by atomic mass is 79.9. The summed E-state index contributed by atoms with van der Waals surface area (Å²) < 4.78 is 6.38.